The van der Waals surface area contributed by atoms with E-state index in [-0.39, 0.29) is 6.04 Å². The summed E-state index contributed by atoms with van der Waals surface area (Å²) in [6, 6.07) is 8.66. The second kappa shape index (κ2) is 5.87. The predicted molar refractivity (Wildman–Crippen MR) is 81.3 cm³/mol. The Morgan fingerprint density at radius 2 is 2.00 bits per heavy atom. The smallest absolute Gasteiger partial charge is 0.123 e. The highest BCUT2D eigenvalue weighted by Crippen LogP contribution is 2.31. The van der Waals surface area contributed by atoms with E-state index in [1.165, 1.54) is 15.3 Å². The summed E-state index contributed by atoms with van der Waals surface area (Å²) in [7, 11) is 0. The van der Waals surface area contributed by atoms with E-state index in [1.54, 1.807) is 11.3 Å². The zero-order valence-electron chi connectivity index (χ0n) is 10.9. The van der Waals surface area contributed by atoms with Crippen molar-refractivity contribution in [3.63, 3.8) is 0 Å². The maximum atomic E-state index is 5.94. The minimum Gasteiger partial charge on any atom is -0.323 e. The molecule has 18 heavy (non-hydrogen) atoms. The molecule has 0 aliphatic rings. The molecule has 0 saturated heterocycles. The van der Waals surface area contributed by atoms with Gasteiger partial charge in [0.1, 0.15) is 5.01 Å². The number of aromatic nitrogens is 1. The van der Waals surface area contributed by atoms with Crippen molar-refractivity contribution in [1.29, 1.82) is 0 Å². The molecule has 2 nitrogen and oxygen atoms in total. The van der Waals surface area contributed by atoms with Crippen LogP contribution in [0.2, 0.25) is 0 Å². The number of hydrogen-bond donors (Lipinski definition) is 1. The summed E-state index contributed by atoms with van der Waals surface area (Å²) in [5, 5.41) is 1.06. The first-order valence-corrected chi connectivity index (χ1v) is 7.88. The maximum Gasteiger partial charge on any atom is 0.123 e. The molecule has 0 saturated carbocycles. The molecule has 0 amide bonds. The van der Waals surface area contributed by atoms with Crippen LogP contribution in [0.5, 0.6) is 0 Å². The van der Waals surface area contributed by atoms with E-state index < -0.39 is 0 Å². The van der Waals surface area contributed by atoms with Crippen LogP contribution in [0.3, 0.4) is 0 Å². The van der Waals surface area contributed by atoms with Crippen LogP contribution in [0.4, 0.5) is 0 Å². The fourth-order valence-corrected chi connectivity index (χ4v) is 3.50. The first kappa shape index (κ1) is 13.6. The van der Waals surface area contributed by atoms with Crippen LogP contribution in [0.15, 0.2) is 29.2 Å². The zero-order valence-corrected chi connectivity index (χ0v) is 12.6. The molecule has 2 N–H and O–H groups in total. The Kier molecular flexibility index (Phi) is 4.43. The van der Waals surface area contributed by atoms with Gasteiger partial charge in [0.25, 0.3) is 0 Å². The van der Waals surface area contributed by atoms with E-state index in [9.17, 15) is 0 Å². The van der Waals surface area contributed by atoms with Crippen LogP contribution in [0, 0.1) is 6.92 Å². The molecule has 0 aliphatic carbocycles. The second-order valence-electron chi connectivity index (χ2n) is 4.21. The lowest BCUT2D eigenvalue weighted by Gasteiger charge is -2.01. The van der Waals surface area contributed by atoms with Gasteiger partial charge in [0.05, 0.1) is 5.69 Å². The maximum absolute atomic E-state index is 5.94. The fourth-order valence-electron chi connectivity index (χ4n) is 1.81. The summed E-state index contributed by atoms with van der Waals surface area (Å²) in [5.74, 6) is 1.10. The Bertz CT molecular complexity index is 515. The average molecular weight is 278 g/mol. The molecule has 96 valence electrons. The zero-order chi connectivity index (χ0) is 13.1. The average Bonchev–Trinajstić information content (AvgIpc) is 2.73. The standard InChI is InChI=1S/C14H18N2S2/c1-4-17-12-7-5-11(6-8-12)14-16-10(3)13(18-14)9(2)15/h5-9H,4,15H2,1-3H3. The van der Waals surface area contributed by atoms with Crippen molar-refractivity contribution in [2.75, 3.05) is 5.75 Å². The molecule has 1 aromatic carbocycles. The number of rotatable bonds is 4. The Hall–Kier alpha value is -0.840. The Balaban J connectivity index is 2.28. The first-order valence-electron chi connectivity index (χ1n) is 6.08. The highest BCUT2D eigenvalue weighted by atomic mass is 32.2. The van der Waals surface area contributed by atoms with Crippen LogP contribution in [0.25, 0.3) is 10.6 Å². The summed E-state index contributed by atoms with van der Waals surface area (Å²) >= 11 is 3.55. The number of thioether (sulfide) groups is 1. The molecule has 1 unspecified atom stereocenters. The highest BCUT2D eigenvalue weighted by molar-refractivity contribution is 7.99. The largest absolute Gasteiger partial charge is 0.323 e. The third-order valence-electron chi connectivity index (χ3n) is 2.66. The van der Waals surface area contributed by atoms with Crippen LogP contribution >= 0.6 is 23.1 Å². The number of thiazole rings is 1. The van der Waals surface area contributed by atoms with Crippen molar-refractivity contribution in [2.24, 2.45) is 5.73 Å². The molecule has 2 rings (SSSR count). The second-order valence-corrected chi connectivity index (χ2v) is 6.58. The van der Waals surface area contributed by atoms with E-state index in [1.807, 2.05) is 25.6 Å². The van der Waals surface area contributed by atoms with Crippen molar-refractivity contribution in [3.8, 4) is 10.6 Å². The van der Waals surface area contributed by atoms with Gasteiger partial charge in [-0.15, -0.1) is 23.1 Å². The van der Waals surface area contributed by atoms with Gasteiger partial charge in [0.15, 0.2) is 0 Å². The van der Waals surface area contributed by atoms with Crippen molar-refractivity contribution < 1.29 is 0 Å². The predicted octanol–water partition coefficient (Wildman–Crippen LogP) is 4.25. The number of hydrogen-bond acceptors (Lipinski definition) is 4. The molecule has 4 heteroatoms. The molecule has 0 spiro atoms. The molecule has 0 fully saturated rings. The molecule has 0 radical (unpaired) electrons. The normalized spacial score (nSPS) is 12.7. The van der Waals surface area contributed by atoms with Gasteiger partial charge in [-0.2, -0.15) is 0 Å². The van der Waals surface area contributed by atoms with Crippen LogP contribution < -0.4 is 5.73 Å². The third-order valence-corrected chi connectivity index (χ3v) is 4.96. The summed E-state index contributed by atoms with van der Waals surface area (Å²) in [6.07, 6.45) is 0. The van der Waals surface area contributed by atoms with E-state index in [2.05, 4.69) is 36.2 Å². The van der Waals surface area contributed by atoms with Gasteiger partial charge in [0.2, 0.25) is 0 Å². The summed E-state index contributed by atoms with van der Waals surface area (Å²) in [4.78, 5) is 7.09. The monoisotopic (exact) mass is 278 g/mol. The number of aryl methyl sites for hydroxylation is 1. The summed E-state index contributed by atoms with van der Waals surface area (Å²) in [5.41, 5.74) is 8.17. The molecule has 1 heterocycles. The van der Waals surface area contributed by atoms with Gasteiger partial charge in [-0.25, -0.2) is 4.98 Å². The minimum atomic E-state index is 0.0613. The molecule has 0 aliphatic heterocycles. The van der Waals surface area contributed by atoms with Crippen molar-refractivity contribution >= 4 is 23.1 Å². The van der Waals surface area contributed by atoms with E-state index >= 15 is 0 Å². The molecule has 1 atom stereocenters. The SMILES string of the molecule is CCSc1ccc(-c2nc(C)c(C(C)N)s2)cc1. The molecule has 0 bridgehead atoms. The lowest BCUT2D eigenvalue weighted by atomic mass is 10.2. The lowest BCUT2D eigenvalue weighted by Crippen LogP contribution is -2.03. The first-order chi connectivity index (χ1) is 8.61. The molecule has 1 aromatic heterocycles. The quantitative estimate of drug-likeness (QED) is 0.850. The number of nitrogens with two attached hydrogens (primary N) is 1. The van der Waals surface area contributed by atoms with E-state index in [0.717, 1.165) is 16.5 Å². The molecular weight excluding hydrogens is 260 g/mol. The summed E-state index contributed by atoms with van der Waals surface area (Å²) < 4.78 is 0. The molecular formula is C14H18N2S2. The topological polar surface area (TPSA) is 38.9 Å². The summed E-state index contributed by atoms with van der Waals surface area (Å²) in [6.45, 7) is 6.20. The van der Waals surface area contributed by atoms with Crippen molar-refractivity contribution in [2.45, 2.75) is 31.7 Å². The number of benzene rings is 1. The Labute approximate surface area is 117 Å². The Morgan fingerprint density at radius 3 is 2.50 bits per heavy atom. The molecule has 2 aromatic rings. The van der Waals surface area contributed by atoms with E-state index in [0.29, 0.717) is 0 Å². The van der Waals surface area contributed by atoms with Gasteiger partial charge in [-0.05, 0) is 31.7 Å². The third kappa shape index (κ3) is 2.94. The van der Waals surface area contributed by atoms with Crippen molar-refractivity contribution in [1.82, 2.24) is 4.98 Å². The van der Waals surface area contributed by atoms with Crippen LogP contribution in [-0.4, -0.2) is 10.7 Å². The minimum absolute atomic E-state index is 0.0613. The van der Waals surface area contributed by atoms with Gasteiger partial charge < -0.3 is 5.73 Å². The van der Waals surface area contributed by atoms with Gasteiger partial charge >= 0.3 is 0 Å². The fraction of sp³-hybridized carbons (Fsp3) is 0.357. The van der Waals surface area contributed by atoms with Crippen molar-refractivity contribution in [3.05, 3.63) is 34.8 Å². The van der Waals surface area contributed by atoms with Gasteiger partial charge in [0, 0.05) is 21.4 Å². The van der Waals surface area contributed by atoms with E-state index in [4.69, 9.17) is 5.73 Å². The van der Waals surface area contributed by atoms with Gasteiger partial charge in [-0.1, -0.05) is 19.1 Å². The van der Waals surface area contributed by atoms with Gasteiger partial charge in [-0.3, -0.25) is 0 Å². The number of nitrogens with zero attached hydrogens (tertiary/aromatic N) is 1. The highest BCUT2D eigenvalue weighted by Gasteiger charge is 2.12. The Morgan fingerprint density at radius 1 is 1.33 bits per heavy atom. The lowest BCUT2D eigenvalue weighted by molar-refractivity contribution is 0.825. The van der Waals surface area contributed by atoms with Crippen LogP contribution in [0.1, 0.15) is 30.5 Å². The van der Waals surface area contributed by atoms with Crippen LogP contribution in [-0.2, 0) is 0 Å².